The second kappa shape index (κ2) is 5.29. The fraction of sp³-hybridized carbons (Fsp3) is 0.455. The molecule has 92 valence electrons. The average molecular weight is 252 g/mol. The van der Waals surface area contributed by atoms with Crippen LogP contribution in [-0.4, -0.2) is 24.3 Å². The first-order valence-electron chi connectivity index (χ1n) is 5.61. The lowest BCUT2D eigenvalue weighted by molar-refractivity contribution is -0.122. The summed E-state index contributed by atoms with van der Waals surface area (Å²) in [7, 11) is 0. The van der Waals surface area contributed by atoms with Crippen molar-refractivity contribution in [3.8, 4) is 0 Å². The van der Waals surface area contributed by atoms with Crippen LogP contribution < -0.4 is 16.4 Å². The maximum atomic E-state index is 11.7. The molecule has 1 aromatic heterocycles. The summed E-state index contributed by atoms with van der Waals surface area (Å²) in [4.78, 5) is 13.5. The molecule has 1 amide bonds. The monoisotopic (exact) mass is 252 g/mol. The van der Waals surface area contributed by atoms with Crippen LogP contribution in [0.15, 0.2) is 12.1 Å². The SMILES string of the molecule is N=C(N)c1ccc(CNC(=O)[C@@H]2CCCN2)s1. The minimum atomic E-state index is -0.0396. The largest absolute Gasteiger partial charge is 0.383 e. The minimum absolute atomic E-state index is 0.0396. The van der Waals surface area contributed by atoms with Crippen molar-refractivity contribution in [3.63, 3.8) is 0 Å². The van der Waals surface area contributed by atoms with Crippen molar-refractivity contribution < 1.29 is 4.79 Å². The molecule has 1 aliphatic rings. The fourth-order valence-electron chi connectivity index (χ4n) is 1.82. The standard InChI is InChI=1S/C11H16N4OS/c12-10(13)9-4-3-7(17-9)6-15-11(16)8-2-1-5-14-8/h3-4,8,14H,1-2,5-6H2,(H3,12,13)(H,15,16)/t8-/m0/s1. The van der Waals surface area contributed by atoms with E-state index >= 15 is 0 Å². The number of nitrogen functional groups attached to an aromatic ring is 1. The Hall–Kier alpha value is -1.40. The first-order chi connectivity index (χ1) is 8.16. The van der Waals surface area contributed by atoms with Crippen LogP contribution in [-0.2, 0) is 11.3 Å². The van der Waals surface area contributed by atoms with Gasteiger partial charge in [0.15, 0.2) is 0 Å². The smallest absolute Gasteiger partial charge is 0.237 e. The molecule has 0 spiro atoms. The van der Waals surface area contributed by atoms with E-state index in [4.69, 9.17) is 11.1 Å². The van der Waals surface area contributed by atoms with E-state index in [0.29, 0.717) is 6.54 Å². The van der Waals surface area contributed by atoms with Crippen LogP contribution in [0.1, 0.15) is 22.6 Å². The van der Waals surface area contributed by atoms with Gasteiger partial charge in [-0.1, -0.05) is 0 Å². The van der Waals surface area contributed by atoms with Gasteiger partial charge in [-0.3, -0.25) is 10.2 Å². The molecule has 0 bridgehead atoms. The van der Waals surface area contributed by atoms with E-state index < -0.39 is 0 Å². The second-order valence-corrected chi connectivity index (χ2v) is 5.21. The Labute approximate surface area is 104 Å². The molecule has 0 radical (unpaired) electrons. The van der Waals surface area contributed by atoms with Crippen LogP contribution in [0.3, 0.4) is 0 Å². The lowest BCUT2D eigenvalue weighted by Crippen LogP contribution is -2.39. The molecule has 0 unspecified atom stereocenters. The van der Waals surface area contributed by atoms with Crippen LogP contribution in [0.5, 0.6) is 0 Å². The van der Waals surface area contributed by atoms with Gasteiger partial charge in [0.25, 0.3) is 0 Å². The highest BCUT2D eigenvalue weighted by Gasteiger charge is 2.21. The summed E-state index contributed by atoms with van der Waals surface area (Å²) in [6.45, 7) is 1.43. The van der Waals surface area contributed by atoms with Gasteiger partial charge in [0.05, 0.1) is 17.5 Å². The van der Waals surface area contributed by atoms with Crippen LogP contribution in [0, 0.1) is 5.41 Å². The number of carbonyl (C=O) groups is 1. The molecule has 2 rings (SSSR count). The van der Waals surface area contributed by atoms with E-state index in [9.17, 15) is 4.79 Å². The first kappa shape index (κ1) is 12.1. The molecular weight excluding hydrogens is 236 g/mol. The molecule has 0 aromatic carbocycles. The minimum Gasteiger partial charge on any atom is -0.383 e. The van der Waals surface area contributed by atoms with Crippen molar-refractivity contribution in [2.75, 3.05) is 6.54 Å². The highest BCUT2D eigenvalue weighted by molar-refractivity contribution is 7.14. The van der Waals surface area contributed by atoms with Crippen LogP contribution >= 0.6 is 11.3 Å². The normalized spacial score (nSPS) is 19.2. The van der Waals surface area contributed by atoms with E-state index in [-0.39, 0.29) is 17.8 Å². The Kier molecular flexibility index (Phi) is 3.75. The van der Waals surface area contributed by atoms with Crippen LogP contribution in [0.25, 0.3) is 0 Å². The molecule has 17 heavy (non-hydrogen) atoms. The van der Waals surface area contributed by atoms with Crippen molar-refractivity contribution in [1.29, 1.82) is 5.41 Å². The van der Waals surface area contributed by atoms with Gasteiger partial charge in [-0.05, 0) is 31.5 Å². The van der Waals surface area contributed by atoms with E-state index in [1.807, 2.05) is 12.1 Å². The zero-order valence-electron chi connectivity index (χ0n) is 9.45. The quantitative estimate of drug-likeness (QED) is 0.462. The molecule has 6 heteroatoms. The molecule has 1 atom stereocenters. The third kappa shape index (κ3) is 3.04. The van der Waals surface area contributed by atoms with Gasteiger partial charge in [0, 0.05) is 4.88 Å². The molecule has 0 saturated carbocycles. The lowest BCUT2D eigenvalue weighted by atomic mass is 10.2. The zero-order valence-corrected chi connectivity index (χ0v) is 10.3. The van der Waals surface area contributed by atoms with E-state index in [2.05, 4.69) is 10.6 Å². The van der Waals surface area contributed by atoms with Crippen molar-refractivity contribution in [2.24, 2.45) is 5.73 Å². The molecule has 1 aromatic rings. The van der Waals surface area contributed by atoms with E-state index in [1.54, 1.807) is 0 Å². The Morgan fingerprint density at radius 3 is 3.06 bits per heavy atom. The summed E-state index contributed by atoms with van der Waals surface area (Å²) >= 11 is 1.44. The summed E-state index contributed by atoms with van der Waals surface area (Å²) in [6.07, 6.45) is 1.97. The third-order valence-corrected chi connectivity index (χ3v) is 3.86. The molecule has 2 heterocycles. The van der Waals surface area contributed by atoms with Gasteiger partial charge < -0.3 is 16.4 Å². The molecule has 1 saturated heterocycles. The van der Waals surface area contributed by atoms with Crippen molar-refractivity contribution in [2.45, 2.75) is 25.4 Å². The van der Waals surface area contributed by atoms with Gasteiger partial charge in [0.2, 0.25) is 5.91 Å². The zero-order chi connectivity index (χ0) is 12.3. The summed E-state index contributed by atoms with van der Waals surface area (Å²) in [5.41, 5.74) is 5.38. The number of amides is 1. The number of amidine groups is 1. The van der Waals surface area contributed by atoms with Gasteiger partial charge in [0.1, 0.15) is 5.84 Å². The predicted molar refractivity (Wildman–Crippen MR) is 68.2 cm³/mol. The highest BCUT2D eigenvalue weighted by Crippen LogP contribution is 2.15. The van der Waals surface area contributed by atoms with E-state index in [1.165, 1.54) is 11.3 Å². The number of thiophene rings is 1. The number of hydrogen-bond donors (Lipinski definition) is 4. The summed E-state index contributed by atoms with van der Waals surface area (Å²) in [5, 5.41) is 13.3. The van der Waals surface area contributed by atoms with E-state index in [0.717, 1.165) is 29.1 Å². The van der Waals surface area contributed by atoms with Crippen molar-refractivity contribution in [3.05, 3.63) is 21.9 Å². The van der Waals surface area contributed by atoms with Crippen LogP contribution in [0.4, 0.5) is 0 Å². The summed E-state index contributed by atoms with van der Waals surface area (Å²) < 4.78 is 0. The Morgan fingerprint density at radius 2 is 2.47 bits per heavy atom. The molecule has 1 fully saturated rings. The fourth-order valence-corrected chi connectivity index (χ4v) is 2.63. The number of nitrogens with one attached hydrogen (secondary N) is 3. The number of hydrogen-bond acceptors (Lipinski definition) is 4. The van der Waals surface area contributed by atoms with Gasteiger partial charge >= 0.3 is 0 Å². The highest BCUT2D eigenvalue weighted by atomic mass is 32.1. The van der Waals surface area contributed by atoms with Crippen LogP contribution in [0.2, 0.25) is 0 Å². The Morgan fingerprint density at radius 1 is 1.65 bits per heavy atom. The molecule has 1 aliphatic heterocycles. The molecule has 5 nitrogen and oxygen atoms in total. The summed E-state index contributed by atoms with van der Waals surface area (Å²) in [5.74, 6) is 0.130. The van der Waals surface area contributed by atoms with Crippen molar-refractivity contribution >= 4 is 23.1 Å². The Bertz CT molecular complexity index is 423. The lowest BCUT2D eigenvalue weighted by Gasteiger charge is -2.09. The Balaban J connectivity index is 1.84. The van der Waals surface area contributed by atoms with Gasteiger partial charge in [-0.25, -0.2) is 0 Å². The average Bonchev–Trinajstić information content (AvgIpc) is 2.97. The number of carbonyl (C=O) groups excluding carboxylic acids is 1. The van der Waals surface area contributed by atoms with Gasteiger partial charge in [-0.15, -0.1) is 11.3 Å². The maximum absolute atomic E-state index is 11.7. The predicted octanol–water partition coefficient (Wildman–Crippen LogP) is 0.400. The maximum Gasteiger partial charge on any atom is 0.237 e. The molecule has 5 N–H and O–H groups in total. The van der Waals surface area contributed by atoms with Gasteiger partial charge in [-0.2, -0.15) is 0 Å². The molecular formula is C11H16N4OS. The number of rotatable bonds is 4. The first-order valence-corrected chi connectivity index (χ1v) is 6.42. The topological polar surface area (TPSA) is 91.0 Å². The molecule has 0 aliphatic carbocycles. The number of nitrogens with two attached hydrogens (primary N) is 1. The van der Waals surface area contributed by atoms with Crippen molar-refractivity contribution in [1.82, 2.24) is 10.6 Å². The third-order valence-electron chi connectivity index (χ3n) is 2.74. The summed E-state index contributed by atoms with van der Waals surface area (Å²) in [6, 6.07) is 3.66. The second-order valence-electron chi connectivity index (χ2n) is 4.05.